The fourth-order valence-electron chi connectivity index (χ4n) is 2.18. The number of aliphatic carboxylic acids is 1. The van der Waals surface area contributed by atoms with E-state index in [0.29, 0.717) is 19.4 Å². The lowest BCUT2D eigenvalue weighted by Gasteiger charge is -2.18. The van der Waals surface area contributed by atoms with E-state index >= 15 is 0 Å². The normalized spacial score (nSPS) is 10.3. The molecule has 0 atom stereocenters. The van der Waals surface area contributed by atoms with Gasteiger partial charge in [-0.1, -0.05) is 38.1 Å². The Morgan fingerprint density at radius 2 is 2.09 bits per heavy atom. The van der Waals surface area contributed by atoms with Crippen molar-refractivity contribution in [2.45, 2.75) is 39.0 Å². The van der Waals surface area contributed by atoms with Gasteiger partial charge in [-0.05, 0) is 29.9 Å². The van der Waals surface area contributed by atoms with Gasteiger partial charge in [0.1, 0.15) is 0 Å². The van der Waals surface area contributed by atoms with E-state index in [-0.39, 0.29) is 18.4 Å². The average Bonchev–Trinajstić information content (AvgIpc) is 2.45. The first-order valence-electron chi connectivity index (χ1n) is 7.45. The number of carboxylic acids is 1. The highest BCUT2D eigenvalue weighted by molar-refractivity contribution is 5.91. The highest BCUT2D eigenvalue weighted by atomic mass is 16.4. The maximum atomic E-state index is 12.0. The van der Waals surface area contributed by atoms with E-state index in [0.717, 1.165) is 16.8 Å². The molecule has 5 nitrogen and oxygen atoms in total. The third kappa shape index (κ3) is 5.60. The molecule has 1 rings (SSSR count). The number of amides is 2. The lowest BCUT2D eigenvalue weighted by molar-refractivity contribution is -0.137. The van der Waals surface area contributed by atoms with Crippen LogP contribution in [0.3, 0.4) is 0 Å². The maximum Gasteiger partial charge on any atom is 0.319 e. The number of hydrogen-bond donors (Lipinski definition) is 3. The molecular weight excluding hydrogens is 280 g/mol. The number of anilines is 1. The molecule has 0 spiro atoms. The summed E-state index contributed by atoms with van der Waals surface area (Å²) in [6, 6.07) is 5.62. The monoisotopic (exact) mass is 304 g/mol. The van der Waals surface area contributed by atoms with Crippen molar-refractivity contribution in [1.82, 2.24) is 5.32 Å². The molecule has 0 bridgehead atoms. The number of nitrogens with one attached hydrogen (secondary N) is 2. The SMILES string of the molecule is C=CCc1cccc(C(C)C)c1NC(=O)NCCCC(=O)O. The van der Waals surface area contributed by atoms with Gasteiger partial charge >= 0.3 is 12.0 Å². The molecule has 0 fully saturated rings. The summed E-state index contributed by atoms with van der Waals surface area (Å²) in [6.07, 6.45) is 2.93. The molecule has 3 N–H and O–H groups in total. The molecule has 0 saturated heterocycles. The smallest absolute Gasteiger partial charge is 0.319 e. The summed E-state index contributed by atoms with van der Waals surface area (Å²) in [5.74, 6) is -0.576. The molecule has 0 saturated carbocycles. The number of carbonyl (C=O) groups excluding carboxylic acids is 1. The number of hydrogen-bond acceptors (Lipinski definition) is 2. The standard InChI is InChI=1S/C17H24N2O3/c1-4-7-13-8-5-9-14(12(2)3)16(13)19-17(22)18-11-6-10-15(20)21/h4-5,8-9,12H,1,6-7,10-11H2,2-3H3,(H,20,21)(H2,18,19,22). The first-order chi connectivity index (χ1) is 10.5. The molecule has 0 unspecified atom stereocenters. The summed E-state index contributed by atoms with van der Waals surface area (Å²) >= 11 is 0. The van der Waals surface area contributed by atoms with Crippen molar-refractivity contribution >= 4 is 17.7 Å². The van der Waals surface area contributed by atoms with Crippen LogP contribution in [0.2, 0.25) is 0 Å². The number of urea groups is 1. The van der Waals surface area contributed by atoms with Crippen LogP contribution in [-0.2, 0) is 11.2 Å². The minimum Gasteiger partial charge on any atom is -0.481 e. The summed E-state index contributed by atoms with van der Waals surface area (Å²) in [5.41, 5.74) is 2.90. The van der Waals surface area contributed by atoms with Crippen molar-refractivity contribution in [2.24, 2.45) is 0 Å². The number of rotatable bonds is 8. The second kappa shape index (κ2) is 8.87. The molecule has 1 aromatic carbocycles. The Kier molecular flexibility index (Phi) is 7.16. The first-order valence-corrected chi connectivity index (χ1v) is 7.45. The van der Waals surface area contributed by atoms with E-state index in [9.17, 15) is 9.59 Å². The zero-order valence-corrected chi connectivity index (χ0v) is 13.2. The Morgan fingerprint density at radius 3 is 2.68 bits per heavy atom. The third-order valence-electron chi connectivity index (χ3n) is 3.26. The molecule has 0 radical (unpaired) electrons. The molecule has 1 aromatic rings. The van der Waals surface area contributed by atoms with E-state index < -0.39 is 5.97 Å². The van der Waals surface area contributed by atoms with Gasteiger partial charge < -0.3 is 15.7 Å². The Hall–Kier alpha value is -2.30. The molecular formula is C17H24N2O3. The van der Waals surface area contributed by atoms with E-state index in [4.69, 9.17) is 5.11 Å². The fraction of sp³-hybridized carbons (Fsp3) is 0.412. The van der Waals surface area contributed by atoms with Gasteiger partial charge in [-0.2, -0.15) is 0 Å². The quantitative estimate of drug-likeness (QED) is 0.508. The van der Waals surface area contributed by atoms with Crippen molar-refractivity contribution < 1.29 is 14.7 Å². The minimum absolute atomic E-state index is 0.0462. The first kappa shape index (κ1) is 17.8. The highest BCUT2D eigenvalue weighted by Gasteiger charge is 2.13. The molecule has 0 aromatic heterocycles. The van der Waals surface area contributed by atoms with Crippen LogP contribution in [0.1, 0.15) is 43.7 Å². The second-order valence-electron chi connectivity index (χ2n) is 5.41. The van der Waals surface area contributed by atoms with Crippen molar-refractivity contribution in [3.8, 4) is 0 Å². The van der Waals surface area contributed by atoms with Gasteiger partial charge in [0.05, 0.1) is 0 Å². The average molecular weight is 304 g/mol. The van der Waals surface area contributed by atoms with Crippen LogP contribution in [0.25, 0.3) is 0 Å². The number of benzene rings is 1. The Morgan fingerprint density at radius 1 is 1.36 bits per heavy atom. The van der Waals surface area contributed by atoms with Crippen LogP contribution in [-0.4, -0.2) is 23.7 Å². The lowest BCUT2D eigenvalue weighted by atomic mass is 9.96. The lowest BCUT2D eigenvalue weighted by Crippen LogP contribution is -2.30. The van der Waals surface area contributed by atoms with Gasteiger partial charge in [0.15, 0.2) is 0 Å². The van der Waals surface area contributed by atoms with Crippen LogP contribution < -0.4 is 10.6 Å². The predicted octanol–water partition coefficient (Wildman–Crippen LogP) is 3.52. The summed E-state index contributed by atoms with van der Waals surface area (Å²) in [6.45, 7) is 8.22. The van der Waals surface area contributed by atoms with Crippen molar-refractivity contribution in [3.63, 3.8) is 0 Å². The number of para-hydroxylation sites is 1. The van der Waals surface area contributed by atoms with Gasteiger partial charge in [0.2, 0.25) is 0 Å². The fourth-order valence-corrected chi connectivity index (χ4v) is 2.18. The summed E-state index contributed by atoms with van der Waals surface area (Å²) in [5, 5.41) is 14.1. The Labute approximate surface area is 131 Å². The minimum atomic E-state index is -0.861. The molecule has 2 amide bonds. The molecule has 0 heterocycles. The van der Waals surface area contributed by atoms with Gasteiger partial charge in [-0.3, -0.25) is 4.79 Å². The third-order valence-corrected chi connectivity index (χ3v) is 3.26. The Balaban J connectivity index is 2.75. The topological polar surface area (TPSA) is 78.4 Å². The van der Waals surface area contributed by atoms with E-state index in [2.05, 4.69) is 31.1 Å². The van der Waals surface area contributed by atoms with Crippen LogP contribution >= 0.6 is 0 Å². The largest absolute Gasteiger partial charge is 0.481 e. The van der Waals surface area contributed by atoms with Gasteiger partial charge in [-0.15, -0.1) is 6.58 Å². The zero-order valence-electron chi connectivity index (χ0n) is 13.2. The predicted molar refractivity (Wildman–Crippen MR) is 88.3 cm³/mol. The van der Waals surface area contributed by atoms with E-state index in [1.165, 1.54) is 0 Å². The molecule has 0 aliphatic heterocycles. The highest BCUT2D eigenvalue weighted by Crippen LogP contribution is 2.28. The maximum absolute atomic E-state index is 12.0. The molecule has 0 aliphatic rings. The van der Waals surface area contributed by atoms with Gasteiger partial charge in [0.25, 0.3) is 0 Å². The number of allylic oxidation sites excluding steroid dienone is 1. The van der Waals surface area contributed by atoms with Crippen molar-refractivity contribution in [2.75, 3.05) is 11.9 Å². The van der Waals surface area contributed by atoms with Crippen molar-refractivity contribution in [3.05, 3.63) is 42.0 Å². The van der Waals surface area contributed by atoms with E-state index in [1.54, 1.807) is 6.08 Å². The number of carbonyl (C=O) groups is 2. The number of carboxylic acid groups (broad SMARTS) is 1. The summed E-state index contributed by atoms with van der Waals surface area (Å²) in [7, 11) is 0. The van der Waals surface area contributed by atoms with Crippen LogP contribution in [0.15, 0.2) is 30.9 Å². The molecule has 5 heteroatoms. The molecule has 22 heavy (non-hydrogen) atoms. The summed E-state index contributed by atoms with van der Waals surface area (Å²) < 4.78 is 0. The molecule has 120 valence electrons. The second-order valence-corrected chi connectivity index (χ2v) is 5.41. The summed E-state index contributed by atoms with van der Waals surface area (Å²) in [4.78, 5) is 22.4. The van der Waals surface area contributed by atoms with Gasteiger partial charge in [0, 0.05) is 18.7 Å². The van der Waals surface area contributed by atoms with Crippen molar-refractivity contribution in [1.29, 1.82) is 0 Å². The Bertz CT molecular complexity index is 539. The van der Waals surface area contributed by atoms with Crippen LogP contribution in [0.5, 0.6) is 0 Å². The van der Waals surface area contributed by atoms with Gasteiger partial charge in [-0.25, -0.2) is 4.79 Å². The van der Waals surface area contributed by atoms with Crippen LogP contribution in [0.4, 0.5) is 10.5 Å². The van der Waals surface area contributed by atoms with Crippen LogP contribution in [0, 0.1) is 0 Å². The zero-order chi connectivity index (χ0) is 16.5. The van der Waals surface area contributed by atoms with E-state index in [1.807, 2.05) is 18.2 Å². The molecule has 0 aliphatic carbocycles.